The molecule has 0 aliphatic heterocycles. The molecule has 29 heavy (non-hydrogen) atoms. The molecule has 1 aromatic heterocycles. The fourth-order valence-corrected chi connectivity index (χ4v) is 2.87. The third-order valence-corrected chi connectivity index (χ3v) is 4.72. The van der Waals surface area contributed by atoms with Gasteiger partial charge in [-0.2, -0.15) is 0 Å². The molecule has 1 heterocycles. The normalized spacial score (nSPS) is 12.6. The third kappa shape index (κ3) is 7.30. The summed E-state index contributed by atoms with van der Waals surface area (Å²) in [5, 5.41) is 0. The van der Waals surface area contributed by atoms with Crippen LogP contribution in [-0.2, 0) is 9.53 Å². The molecule has 0 radical (unpaired) electrons. The van der Waals surface area contributed by atoms with E-state index in [-0.39, 0.29) is 23.5 Å². The second kappa shape index (κ2) is 11.1. The molecule has 0 saturated carbocycles. The van der Waals surface area contributed by atoms with Gasteiger partial charge in [-0.1, -0.05) is 31.9 Å². The quantitative estimate of drug-likeness (QED) is 0.291. The van der Waals surface area contributed by atoms with E-state index in [1.165, 1.54) is 24.3 Å². The Morgan fingerprint density at radius 1 is 1.24 bits per heavy atom. The van der Waals surface area contributed by atoms with Crippen LogP contribution in [0.25, 0.3) is 0 Å². The molecular weight excluding hydrogens is 505 g/mol. The Hall–Kier alpha value is -2.17. The SMILES string of the molecule is C#CC(OC(=O)C(CC=C(Br)Br)C(C)C)c1cccc(Oc2ccc(F)cc2)n1. The van der Waals surface area contributed by atoms with Crippen LogP contribution in [0.15, 0.2) is 51.9 Å². The zero-order chi connectivity index (χ0) is 21.4. The number of hydrogen-bond donors (Lipinski definition) is 0. The summed E-state index contributed by atoms with van der Waals surface area (Å²) in [5.74, 6) is 2.11. The summed E-state index contributed by atoms with van der Waals surface area (Å²) in [6, 6.07) is 10.6. The smallest absolute Gasteiger partial charge is 0.311 e. The summed E-state index contributed by atoms with van der Waals surface area (Å²) >= 11 is 6.58. The Morgan fingerprint density at radius 2 is 1.93 bits per heavy atom. The van der Waals surface area contributed by atoms with E-state index in [1.54, 1.807) is 18.2 Å². The van der Waals surface area contributed by atoms with Gasteiger partial charge >= 0.3 is 5.97 Å². The first-order chi connectivity index (χ1) is 13.8. The van der Waals surface area contributed by atoms with Crippen molar-refractivity contribution >= 4 is 37.8 Å². The van der Waals surface area contributed by atoms with Gasteiger partial charge < -0.3 is 9.47 Å². The van der Waals surface area contributed by atoms with Crippen LogP contribution in [0.5, 0.6) is 11.6 Å². The van der Waals surface area contributed by atoms with E-state index >= 15 is 0 Å². The van der Waals surface area contributed by atoms with Gasteiger partial charge in [-0.3, -0.25) is 4.79 Å². The number of halogens is 3. The van der Waals surface area contributed by atoms with Crippen LogP contribution >= 0.6 is 31.9 Å². The molecule has 0 amide bonds. The van der Waals surface area contributed by atoms with Gasteiger partial charge in [-0.15, -0.1) is 6.42 Å². The monoisotopic (exact) mass is 523 g/mol. The Labute approximate surface area is 186 Å². The highest BCUT2D eigenvalue weighted by Crippen LogP contribution is 2.26. The molecule has 0 saturated heterocycles. The first kappa shape index (κ1) is 23.1. The van der Waals surface area contributed by atoms with E-state index in [1.807, 2.05) is 19.9 Å². The number of carbonyl (C=O) groups excluding carboxylic acids is 1. The highest BCUT2D eigenvalue weighted by molar-refractivity contribution is 9.28. The molecule has 0 N–H and O–H groups in total. The van der Waals surface area contributed by atoms with Crippen molar-refractivity contribution in [1.82, 2.24) is 4.98 Å². The summed E-state index contributed by atoms with van der Waals surface area (Å²) in [6.07, 6.45) is 7.00. The van der Waals surface area contributed by atoms with Gasteiger partial charge in [0.05, 0.1) is 15.0 Å². The number of benzene rings is 1. The number of aromatic nitrogens is 1. The lowest BCUT2D eigenvalue weighted by atomic mass is 9.92. The van der Waals surface area contributed by atoms with Crippen molar-refractivity contribution in [3.63, 3.8) is 0 Å². The molecule has 0 fully saturated rings. The molecule has 0 aliphatic carbocycles. The number of hydrogen-bond acceptors (Lipinski definition) is 4. The van der Waals surface area contributed by atoms with Crippen molar-refractivity contribution in [2.24, 2.45) is 11.8 Å². The standard InChI is InChI=1S/C22H20Br2FNO3/c1-4-19(29-22(27)17(14(2)3)12-13-20(23)24)18-6-5-7-21(26-18)28-16-10-8-15(25)9-11-16/h1,5-11,13-14,17,19H,12H2,2-3H3. The van der Waals surface area contributed by atoms with Gasteiger partial charge in [0.15, 0.2) is 0 Å². The average Bonchev–Trinajstić information content (AvgIpc) is 2.67. The van der Waals surface area contributed by atoms with E-state index in [4.69, 9.17) is 15.9 Å². The van der Waals surface area contributed by atoms with E-state index in [2.05, 4.69) is 42.8 Å². The predicted molar refractivity (Wildman–Crippen MR) is 117 cm³/mol. The van der Waals surface area contributed by atoms with Gasteiger partial charge in [0.2, 0.25) is 12.0 Å². The van der Waals surface area contributed by atoms with Crippen molar-refractivity contribution in [3.8, 4) is 24.0 Å². The second-order valence-corrected chi connectivity index (χ2v) is 9.29. The number of ether oxygens (including phenoxy) is 2. The van der Waals surface area contributed by atoms with Crippen LogP contribution in [0.2, 0.25) is 0 Å². The molecule has 7 heteroatoms. The lowest BCUT2D eigenvalue weighted by Gasteiger charge is -2.20. The van der Waals surface area contributed by atoms with E-state index in [0.717, 1.165) is 3.39 Å². The van der Waals surface area contributed by atoms with Gasteiger partial charge in [0.1, 0.15) is 11.6 Å². The molecule has 1 aromatic carbocycles. The van der Waals surface area contributed by atoms with Crippen LogP contribution in [0, 0.1) is 30.0 Å². The molecule has 152 valence electrons. The number of nitrogens with zero attached hydrogens (tertiary/aromatic N) is 1. The molecule has 0 aliphatic rings. The summed E-state index contributed by atoms with van der Waals surface area (Å²) in [4.78, 5) is 17.0. The third-order valence-electron chi connectivity index (χ3n) is 4.07. The maximum Gasteiger partial charge on any atom is 0.311 e. The lowest BCUT2D eigenvalue weighted by Crippen LogP contribution is -2.24. The van der Waals surface area contributed by atoms with E-state index < -0.39 is 12.1 Å². The second-order valence-electron chi connectivity index (χ2n) is 6.52. The van der Waals surface area contributed by atoms with E-state index in [9.17, 15) is 9.18 Å². The summed E-state index contributed by atoms with van der Waals surface area (Å²) in [5.41, 5.74) is 0.375. The first-order valence-corrected chi connectivity index (χ1v) is 10.5. The molecule has 2 rings (SSSR count). The molecule has 2 aromatic rings. The topological polar surface area (TPSA) is 48.4 Å². The molecule has 2 unspecified atom stereocenters. The average molecular weight is 525 g/mol. The van der Waals surface area contributed by atoms with Crippen molar-refractivity contribution in [3.05, 3.63) is 63.4 Å². The van der Waals surface area contributed by atoms with Crippen molar-refractivity contribution in [2.45, 2.75) is 26.4 Å². The summed E-state index contributed by atoms with van der Waals surface area (Å²) in [6.45, 7) is 3.89. The van der Waals surface area contributed by atoms with Crippen LogP contribution in [0.1, 0.15) is 32.1 Å². The van der Waals surface area contributed by atoms with Crippen LogP contribution in [0.4, 0.5) is 4.39 Å². The zero-order valence-electron chi connectivity index (χ0n) is 15.9. The minimum Gasteiger partial charge on any atom is -0.442 e. The molecular formula is C22H20Br2FNO3. The number of allylic oxidation sites excluding steroid dienone is 1. The Bertz CT molecular complexity index is 903. The number of rotatable bonds is 8. The largest absolute Gasteiger partial charge is 0.442 e. The van der Waals surface area contributed by atoms with Crippen LogP contribution in [0.3, 0.4) is 0 Å². The number of terminal acetylenes is 1. The fourth-order valence-electron chi connectivity index (χ4n) is 2.50. The molecule has 0 bridgehead atoms. The molecule has 4 nitrogen and oxygen atoms in total. The predicted octanol–water partition coefficient (Wildman–Crippen LogP) is 6.52. The van der Waals surface area contributed by atoms with Gasteiger partial charge in [-0.05, 0) is 74.5 Å². The highest BCUT2D eigenvalue weighted by Gasteiger charge is 2.26. The lowest BCUT2D eigenvalue weighted by molar-refractivity contribution is -0.153. The Balaban J connectivity index is 2.14. The van der Waals surface area contributed by atoms with Crippen molar-refractivity contribution in [2.75, 3.05) is 0 Å². The maximum absolute atomic E-state index is 13.0. The zero-order valence-corrected chi connectivity index (χ0v) is 19.1. The summed E-state index contributed by atoms with van der Waals surface area (Å²) in [7, 11) is 0. The van der Waals surface area contributed by atoms with Gasteiger partial charge in [0, 0.05) is 6.07 Å². The van der Waals surface area contributed by atoms with Gasteiger partial charge in [0.25, 0.3) is 0 Å². The highest BCUT2D eigenvalue weighted by atomic mass is 79.9. The Kier molecular flexibility index (Phi) is 8.87. The number of carbonyl (C=O) groups is 1. The maximum atomic E-state index is 13.0. The minimum absolute atomic E-state index is 0.0672. The molecule has 2 atom stereocenters. The number of pyridine rings is 1. The fraction of sp³-hybridized carbons (Fsp3) is 0.273. The van der Waals surface area contributed by atoms with Crippen molar-refractivity contribution < 1.29 is 18.7 Å². The molecule has 0 spiro atoms. The van der Waals surface area contributed by atoms with E-state index in [0.29, 0.717) is 17.9 Å². The number of esters is 1. The summed E-state index contributed by atoms with van der Waals surface area (Å²) < 4.78 is 25.0. The first-order valence-electron chi connectivity index (χ1n) is 8.88. The van der Waals surface area contributed by atoms with Crippen LogP contribution < -0.4 is 4.74 Å². The minimum atomic E-state index is -0.947. The van der Waals surface area contributed by atoms with Gasteiger partial charge in [-0.25, -0.2) is 9.37 Å². The Morgan fingerprint density at radius 3 is 2.52 bits per heavy atom. The van der Waals surface area contributed by atoms with Crippen LogP contribution in [-0.4, -0.2) is 11.0 Å². The van der Waals surface area contributed by atoms with Crippen molar-refractivity contribution in [1.29, 1.82) is 0 Å².